The van der Waals surface area contributed by atoms with Crippen molar-refractivity contribution >= 4 is 11.6 Å². The number of aliphatic hydroxyl groups excluding tert-OH is 1. The smallest absolute Gasteiger partial charge is 0.123 e. The molecule has 0 aliphatic heterocycles. The van der Waals surface area contributed by atoms with E-state index in [1.807, 2.05) is 18.2 Å². The minimum atomic E-state index is -0.571. The summed E-state index contributed by atoms with van der Waals surface area (Å²) in [6.07, 6.45) is 2.25. The van der Waals surface area contributed by atoms with Gasteiger partial charge in [0.05, 0.1) is 34.7 Å². The zero-order valence-electron chi connectivity index (χ0n) is 20.7. The van der Waals surface area contributed by atoms with Crippen LogP contribution in [0.5, 0.6) is 0 Å². The summed E-state index contributed by atoms with van der Waals surface area (Å²) in [5.41, 5.74) is 5.07. The Bertz CT molecular complexity index is 1250. The van der Waals surface area contributed by atoms with Crippen LogP contribution in [0.2, 0.25) is 0 Å². The molecule has 0 saturated carbocycles. The van der Waals surface area contributed by atoms with Crippen LogP contribution < -0.4 is 0 Å². The molecule has 3 nitrogen and oxygen atoms in total. The number of hydrogen-bond acceptors (Lipinski definition) is 3. The van der Waals surface area contributed by atoms with Crippen LogP contribution in [0.1, 0.15) is 57.7 Å². The highest BCUT2D eigenvalue weighted by molar-refractivity contribution is 6.20. The molecule has 2 unspecified atom stereocenters. The standard InChI is InChI=1S/C16H13ClFN.C16H14FNO/c17-16(14-6-1-13(11-19)2-7-14)10-5-12-3-8-15(18)9-4-12;17-15-8-3-12(4-9-15)5-10-16(19)14-6-1-13(11-18)2-7-14/h1-4,6-9,16H,5,10H2;1-4,6-9,16,19H,5,10H2. The fraction of sp³-hybridized carbons (Fsp3) is 0.188. The molecule has 1 N–H and O–H groups in total. The number of nitrogens with zero attached hydrogens (tertiary/aromatic N) is 2. The topological polar surface area (TPSA) is 67.8 Å². The van der Waals surface area contributed by atoms with Gasteiger partial charge in [0.2, 0.25) is 0 Å². The summed E-state index contributed by atoms with van der Waals surface area (Å²) < 4.78 is 25.5. The number of hydrogen-bond donors (Lipinski definition) is 1. The Hall–Kier alpha value is -4.03. The van der Waals surface area contributed by atoms with Crippen molar-refractivity contribution in [3.05, 3.63) is 142 Å². The highest BCUT2D eigenvalue weighted by Crippen LogP contribution is 2.26. The molecule has 0 aliphatic carbocycles. The van der Waals surface area contributed by atoms with E-state index in [0.717, 1.165) is 35.1 Å². The Labute approximate surface area is 227 Å². The predicted molar refractivity (Wildman–Crippen MR) is 145 cm³/mol. The third-order valence-corrected chi connectivity index (χ3v) is 6.52. The number of halogens is 3. The Balaban J connectivity index is 0.000000211. The molecule has 0 saturated heterocycles. The number of rotatable bonds is 8. The lowest BCUT2D eigenvalue weighted by molar-refractivity contribution is 0.168. The SMILES string of the molecule is N#Cc1ccc(C(Cl)CCc2ccc(F)cc2)cc1.N#Cc1ccc(C(O)CCc2ccc(F)cc2)cc1. The monoisotopic (exact) mass is 528 g/mol. The Morgan fingerprint density at radius 1 is 0.605 bits per heavy atom. The number of benzene rings is 4. The summed E-state index contributed by atoms with van der Waals surface area (Å²) in [6.45, 7) is 0. The van der Waals surface area contributed by atoms with E-state index < -0.39 is 6.10 Å². The van der Waals surface area contributed by atoms with Crippen molar-refractivity contribution in [3.63, 3.8) is 0 Å². The quantitative estimate of drug-likeness (QED) is 0.236. The number of nitriles is 2. The molecule has 0 aliphatic rings. The zero-order valence-corrected chi connectivity index (χ0v) is 21.5. The fourth-order valence-corrected chi connectivity index (χ4v) is 4.03. The summed E-state index contributed by atoms with van der Waals surface area (Å²) >= 11 is 6.33. The lowest BCUT2D eigenvalue weighted by Crippen LogP contribution is -1.99. The predicted octanol–water partition coefficient (Wildman–Crippen LogP) is 7.97. The molecule has 4 aromatic rings. The van der Waals surface area contributed by atoms with Crippen molar-refractivity contribution < 1.29 is 13.9 Å². The van der Waals surface area contributed by atoms with E-state index in [9.17, 15) is 13.9 Å². The molecule has 4 rings (SSSR count). The third-order valence-electron chi connectivity index (χ3n) is 6.05. The normalized spacial score (nSPS) is 11.8. The van der Waals surface area contributed by atoms with Gasteiger partial charge >= 0.3 is 0 Å². The van der Waals surface area contributed by atoms with Crippen molar-refractivity contribution in [3.8, 4) is 12.1 Å². The first kappa shape index (κ1) is 28.5. The Morgan fingerprint density at radius 3 is 1.42 bits per heavy atom. The summed E-state index contributed by atoms with van der Waals surface area (Å²) in [6, 6.07) is 31.1. The van der Waals surface area contributed by atoms with Crippen LogP contribution in [0.3, 0.4) is 0 Å². The van der Waals surface area contributed by atoms with E-state index >= 15 is 0 Å². The van der Waals surface area contributed by atoms with E-state index in [0.29, 0.717) is 24.0 Å². The molecule has 6 heteroatoms. The minimum absolute atomic E-state index is 0.0993. The fourth-order valence-electron chi connectivity index (χ4n) is 3.78. The average molecular weight is 529 g/mol. The van der Waals surface area contributed by atoms with Gasteiger partial charge in [-0.05, 0) is 96.5 Å². The van der Waals surface area contributed by atoms with Gasteiger partial charge in [-0.1, -0.05) is 48.5 Å². The maximum absolute atomic E-state index is 12.8. The van der Waals surface area contributed by atoms with Gasteiger partial charge in [-0.15, -0.1) is 11.6 Å². The summed E-state index contributed by atoms with van der Waals surface area (Å²) in [5, 5.41) is 27.4. The molecule has 0 radical (unpaired) electrons. The second kappa shape index (κ2) is 14.6. The van der Waals surface area contributed by atoms with Gasteiger partial charge in [-0.25, -0.2) is 8.78 Å². The molecule has 192 valence electrons. The lowest BCUT2D eigenvalue weighted by atomic mass is 10.0. The maximum Gasteiger partial charge on any atom is 0.123 e. The summed E-state index contributed by atoms with van der Waals surface area (Å²) in [5.74, 6) is -0.477. The van der Waals surface area contributed by atoms with Crippen molar-refractivity contribution in [2.24, 2.45) is 0 Å². The van der Waals surface area contributed by atoms with Gasteiger partial charge in [-0.2, -0.15) is 10.5 Å². The van der Waals surface area contributed by atoms with Crippen LogP contribution in [0, 0.1) is 34.3 Å². The first-order valence-electron chi connectivity index (χ1n) is 12.2. The van der Waals surface area contributed by atoms with Gasteiger partial charge in [-0.3, -0.25) is 0 Å². The largest absolute Gasteiger partial charge is 0.388 e. The first-order valence-corrected chi connectivity index (χ1v) is 12.6. The molecule has 0 amide bonds. The van der Waals surface area contributed by atoms with Gasteiger partial charge < -0.3 is 5.11 Å². The molecule has 0 spiro atoms. The molecule has 0 fully saturated rings. The number of aliphatic hydroxyl groups is 1. The molecule has 0 heterocycles. The van der Waals surface area contributed by atoms with E-state index in [-0.39, 0.29) is 17.0 Å². The van der Waals surface area contributed by atoms with Crippen LogP contribution in [-0.4, -0.2) is 5.11 Å². The van der Waals surface area contributed by atoms with Gasteiger partial charge in [0.15, 0.2) is 0 Å². The van der Waals surface area contributed by atoms with E-state index in [2.05, 4.69) is 6.07 Å². The second-order valence-corrected chi connectivity index (χ2v) is 9.31. The molecule has 0 bridgehead atoms. The van der Waals surface area contributed by atoms with Crippen LogP contribution >= 0.6 is 11.6 Å². The zero-order chi connectivity index (χ0) is 27.3. The highest BCUT2D eigenvalue weighted by atomic mass is 35.5. The minimum Gasteiger partial charge on any atom is -0.388 e. The van der Waals surface area contributed by atoms with Crippen molar-refractivity contribution in [2.45, 2.75) is 37.2 Å². The first-order chi connectivity index (χ1) is 18.4. The van der Waals surface area contributed by atoms with E-state index in [1.54, 1.807) is 60.7 Å². The van der Waals surface area contributed by atoms with E-state index in [1.165, 1.54) is 24.3 Å². The molecule has 2 atom stereocenters. The third kappa shape index (κ3) is 9.12. The van der Waals surface area contributed by atoms with E-state index in [4.69, 9.17) is 22.1 Å². The van der Waals surface area contributed by atoms with Crippen molar-refractivity contribution in [1.29, 1.82) is 10.5 Å². The van der Waals surface area contributed by atoms with Gasteiger partial charge in [0.1, 0.15) is 11.6 Å². The highest BCUT2D eigenvalue weighted by Gasteiger charge is 2.09. The molecular formula is C32H27ClF2N2O. The summed E-state index contributed by atoms with van der Waals surface area (Å²) in [7, 11) is 0. The summed E-state index contributed by atoms with van der Waals surface area (Å²) in [4.78, 5) is 0. The van der Waals surface area contributed by atoms with Crippen molar-refractivity contribution in [1.82, 2.24) is 0 Å². The van der Waals surface area contributed by atoms with Crippen LogP contribution in [0.4, 0.5) is 8.78 Å². The molecule has 4 aromatic carbocycles. The average Bonchev–Trinajstić information content (AvgIpc) is 2.96. The molecular weight excluding hydrogens is 502 g/mol. The number of aryl methyl sites for hydroxylation is 2. The van der Waals surface area contributed by atoms with Gasteiger partial charge in [0, 0.05) is 0 Å². The Kier molecular flexibility index (Phi) is 11.0. The molecule has 0 aromatic heterocycles. The maximum atomic E-state index is 12.8. The second-order valence-electron chi connectivity index (χ2n) is 8.78. The van der Waals surface area contributed by atoms with Crippen molar-refractivity contribution in [2.75, 3.05) is 0 Å². The lowest BCUT2D eigenvalue weighted by Gasteiger charge is -2.11. The molecule has 38 heavy (non-hydrogen) atoms. The number of alkyl halides is 1. The van der Waals surface area contributed by atoms with Crippen LogP contribution in [0.15, 0.2) is 97.1 Å². The Morgan fingerprint density at radius 2 is 1.00 bits per heavy atom. The van der Waals surface area contributed by atoms with Crippen LogP contribution in [-0.2, 0) is 12.8 Å². The van der Waals surface area contributed by atoms with Crippen LogP contribution in [0.25, 0.3) is 0 Å². The van der Waals surface area contributed by atoms with Gasteiger partial charge in [0.25, 0.3) is 0 Å².